The largest absolute Gasteiger partial charge is 0.379 e. The highest BCUT2D eigenvalue weighted by molar-refractivity contribution is 6.12. The second-order valence-electron chi connectivity index (χ2n) is 8.35. The third kappa shape index (κ3) is 4.37. The van der Waals surface area contributed by atoms with Gasteiger partial charge >= 0.3 is 0 Å². The number of ether oxygens (including phenoxy) is 1. The van der Waals surface area contributed by atoms with Gasteiger partial charge in [0.05, 0.1) is 30.6 Å². The number of rotatable bonds is 5. The van der Waals surface area contributed by atoms with E-state index in [1.807, 2.05) is 38.4 Å². The number of halogens is 1. The maximum atomic E-state index is 14.8. The van der Waals surface area contributed by atoms with Crippen LogP contribution in [0.3, 0.4) is 0 Å². The highest BCUT2D eigenvalue weighted by Crippen LogP contribution is 2.28. The number of aromatic nitrogens is 4. The highest BCUT2D eigenvalue weighted by atomic mass is 19.1. The van der Waals surface area contributed by atoms with Crippen LogP contribution >= 0.6 is 0 Å². The van der Waals surface area contributed by atoms with Gasteiger partial charge in [-0.1, -0.05) is 6.07 Å². The molecule has 1 fully saturated rings. The van der Waals surface area contributed by atoms with Crippen molar-refractivity contribution in [3.05, 3.63) is 65.4 Å². The number of carbonyl (C=O) groups is 1. The van der Waals surface area contributed by atoms with Gasteiger partial charge < -0.3 is 10.1 Å². The van der Waals surface area contributed by atoms with E-state index >= 15 is 0 Å². The van der Waals surface area contributed by atoms with Gasteiger partial charge in [-0.05, 0) is 47.9 Å². The van der Waals surface area contributed by atoms with Crippen molar-refractivity contribution < 1.29 is 13.9 Å². The number of hydrogen-bond donors (Lipinski definition) is 2. The first-order valence-corrected chi connectivity index (χ1v) is 10.9. The van der Waals surface area contributed by atoms with Crippen molar-refractivity contribution in [2.24, 2.45) is 7.05 Å². The van der Waals surface area contributed by atoms with Gasteiger partial charge in [-0.3, -0.25) is 19.5 Å². The van der Waals surface area contributed by atoms with E-state index in [-0.39, 0.29) is 11.4 Å². The summed E-state index contributed by atoms with van der Waals surface area (Å²) in [6.07, 6.45) is 3.68. The minimum absolute atomic E-state index is 0.133. The first kappa shape index (κ1) is 21.3. The smallest absolute Gasteiger partial charge is 0.274 e. The minimum Gasteiger partial charge on any atom is -0.379 e. The first-order chi connectivity index (χ1) is 16.0. The monoisotopic (exact) mass is 448 g/mol. The Labute approximate surface area is 190 Å². The summed E-state index contributed by atoms with van der Waals surface area (Å²) in [5, 5.41) is 14.7. The van der Waals surface area contributed by atoms with Crippen LogP contribution < -0.4 is 5.32 Å². The van der Waals surface area contributed by atoms with Crippen molar-refractivity contribution in [2.75, 3.05) is 31.6 Å². The van der Waals surface area contributed by atoms with Crippen LogP contribution in [0.25, 0.3) is 22.0 Å². The van der Waals surface area contributed by atoms with Crippen LogP contribution in [0.2, 0.25) is 0 Å². The van der Waals surface area contributed by atoms with E-state index in [0.29, 0.717) is 30.7 Å². The number of aryl methyl sites for hydroxylation is 2. The van der Waals surface area contributed by atoms with Gasteiger partial charge in [-0.2, -0.15) is 10.2 Å². The van der Waals surface area contributed by atoms with Crippen LogP contribution in [0.5, 0.6) is 0 Å². The number of nitrogens with one attached hydrogen (secondary N) is 2. The maximum Gasteiger partial charge on any atom is 0.274 e. The van der Waals surface area contributed by atoms with Crippen LogP contribution in [0.15, 0.2) is 42.7 Å². The molecule has 0 aliphatic carbocycles. The van der Waals surface area contributed by atoms with E-state index in [0.717, 1.165) is 35.3 Å². The highest BCUT2D eigenvalue weighted by Gasteiger charge is 2.19. The van der Waals surface area contributed by atoms with Gasteiger partial charge in [0.15, 0.2) is 0 Å². The summed E-state index contributed by atoms with van der Waals surface area (Å²) < 4.78 is 21.9. The zero-order chi connectivity index (χ0) is 22.9. The molecule has 0 atom stereocenters. The zero-order valence-corrected chi connectivity index (χ0v) is 18.6. The number of aromatic amines is 1. The lowest BCUT2D eigenvalue weighted by Crippen LogP contribution is -2.35. The van der Waals surface area contributed by atoms with Gasteiger partial charge in [-0.15, -0.1) is 0 Å². The quantitative estimate of drug-likeness (QED) is 0.488. The molecule has 9 heteroatoms. The summed E-state index contributed by atoms with van der Waals surface area (Å²) >= 11 is 0. The summed E-state index contributed by atoms with van der Waals surface area (Å²) in [5.74, 6) is -0.912. The first-order valence-electron chi connectivity index (χ1n) is 10.9. The van der Waals surface area contributed by atoms with E-state index < -0.39 is 11.7 Å². The van der Waals surface area contributed by atoms with Crippen LogP contribution in [0, 0.1) is 12.7 Å². The van der Waals surface area contributed by atoms with Crippen LogP contribution in [0.4, 0.5) is 10.1 Å². The van der Waals surface area contributed by atoms with Gasteiger partial charge in [0, 0.05) is 43.8 Å². The average Bonchev–Trinajstić information content (AvgIpc) is 3.43. The van der Waals surface area contributed by atoms with E-state index in [9.17, 15) is 9.18 Å². The van der Waals surface area contributed by atoms with E-state index in [2.05, 4.69) is 25.5 Å². The van der Waals surface area contributed by atoms with Crippen LogP contribution in [0.1, 0.15) is 21.6 Å². The summed E-state index contributed by atoms with van der Waals surface area (Å²) in [7, 11) is 1.85. The molecule has 0 spiro atoms. The Morgan fingerprint density at radius 1 is 1.21 bits per heavy atom. The molecule has 0 radical (unpaired) electrons. The van der Waals surface area contributed by atoms with Crippen molar-refractivity contribution in [3.8, 4) is 11.1 Å². The van der Waals surface area contributed by atoms with Gasteiger partial charge in [0.1, 0.15) is 11.5 Å². The van der Waals surface area contributed by atoms with Gasteiger partial charge in [0.2, 0.25) is 0 Å². The zero-order valence-electron chi connectivity index (χ0n) is 18.6. The number of H-pyrrole nitrogens is 1. The molecule has 1 saturated heterocycles. The molecule has 170 valence electrons. The molecule has 3 heterocycles. The molecule has 2 aromatic carbocycles. The Morgan fingerprint density at radius 2 is 2.03 bits per heavy atom. The van der Waals surface area contributed by atoms with E-state index in [4.69, 9.17) is 4.74 Å². The SMILES string of the molecule is Cc1cc(-c2cnn(C)c2)cc2c(C(=O)Nc3ccc(CN4CCOCC4)cc3F)[nH]nc12. The molecule has 33 heavy (non-hydrogen) atoms. The Kier molecular flexibility index (Phi) is 5.65. The van der Waals surface area contributed by atoms with Crippen LogP contribution in [-0.4, -0.2) is 57.1 Å². The molecule has 1 aliphatic rings. The van der Waals surface area contributed by atoms with Crippen LogP contribution in [-0.2, 0) is 18.3 Å². The molecular weight excluding hydrogens is 423 g/mol. The second-order valence-corrected chi connectivity index (χ2v) is 8.35. The number of nitrogens with zero attached hydrogens (tertiary/aromatic N) is 4. The summed E-state index contributed by atoms with van der Waals surface area (Å²) in [5.41, 5.74) is 4.79. The third-order valence-corrected chi connectivity index (χ3v) is 5.91. The van der Waals surface area contributed by atoms with Crippen molar-refractivity contribution in [1.82, 2.24) is 24.9 Å². The lowest BCUT2D eigenvalue weighted by Gasteiger charge is -2.26. The molecular formula is C24H25FN6O2. The Morgan fingerprint density at radius 3 is 2.76 bits per heavy atom. The molecule has 2 aromatic heterocycles. The predicted molar refractivity (Wildman–Crippen MR) is 123 cm³/mol. The maximum absolute atomic E-state index is 14.8. The number of carbonyl (C=O) groups excluding carboxylic acids is 1. The van der Waals surface area contributed by atoms with Gasteiger partial charge in [0.25, 0.3) is 5.91 Å². The van der Waals surface area contributed by atoms with Crippen molar-refractivity contribution in [3.63, 3.8) is 0 Å². The summed E-state index contributed by atoms with van der Waals surface area (Å²) in [6, 6.07) is 8.83. The number of amides is 1. The fourth-order valence-electron chi connectivity index (χ4n) is 4.16. The van der Waals surface area contributed by atoms with Gasteiger partial charge in [-0.25, -0.2) is 4.39 Å². The van der Waals surface area contributed by atoms with E-state index in [1.54, 1.807) is 16.9 Å². The molecule has 1 amide bonds. The topological polar surface area (TPSA) is 88.1 Å². The molecule has 2 N–H and O–H groups in total. The van der Waals surface area contributed by atoms with Crippen molar-refractivity contribution in [1.29, 1.82) is 0 Å². The molecule has 0 unspecified atom stereocenters. The number of anilines is 1. The minimum atomic E-state index is -0.467. The lowest BCUT2D eigenvalue weighted by molar-refractivity contribution is 0.0341. The molecule has 0 bridgehead atoms. The van der Waals surface area contributed by atoms with E-state index in [1.165, 1.54) is 6.07 Å². The Balaban J connectivity index is 1.38. The fraction of sp³-hybridized carbons (Fsp3) is 0.292. The number of morpholine rings is 1. The summed E-state index contributed by atoms with van der Waals surface area (Å²) in [6.45, 7) is 5.63. The Hall–Kier alpha value is -3.56. The predicted octanol–water partition coefficient (Wildman–Crippen LogP) is 3.50. The average molecular weight is 449 g/mol. The number of fused-ring (bicyclic) bond motifs is 1. The third-order valence-electron chi connectivity index (χ3n) is 5.91. The molecule has 1 aliphatic heterocycles. The van der Waals surface area contributed by atoms with Crippen molar-refractivity contribution >= 4 is 22.5 Å². The standard InChI is InChI=1S/C24H25FN6O2/c1-15-9-17(18-12-26-30(2)14-18)11-19-22(15)28-29-23(19)24(32)27-21-4-3-16(10-20(21)25)13-31-5-7-33-8-6-31/h3-4,9-12,14H,5-8,13H2,1-2H3,(H,27,32)(H,28,29). The molecule has 4 aromatic rings. The van der Waals surface area contributed by atoms with Crippen molar-refractivity contribution in [2.45, 2.75) is 13.5 Å². The number of benzene rings is 2. The lowest BCUT2D eigenvalue weighted by atomic mass is 10.0. The fourth-order valence-corrected chi connectivity index (χ4v) is 4.16. The molecule has 0 saturated carbocycles. The Bertz CT molecular complexity index is 1320. The molecule has 8 nitrogen and oxygen atoms in total. The molecule has 5 rings (SSSR count). The normalized spacial score (nSPS) is 14.6. The summed E-state index contributed by atoms with van der Waals surface area (Å²) in [4.78, 5) is 15.2. The second kappa shape index (κ2) is 8.76. The number of hydrogen-bond acceptors (Lipinski definition) is 5.